The number of benzene rings is 2. The lowest BCUT2D eigenvalue weighted by molar-refractivity contribution is -0.137. The summed E-state index contributed by atoms with van der Waals surface area (Å²) in [5.41, 5.74) is 0.906. The Balaban J connectivity index is 1.40. The Kier molecular flexibility index (Phi) is 6.64. The molecule has 0 N–H and O–H groups in total. The summed E-state index contributed by atoms with van der Waals surface area (Å²) in [6.07, 6.45) is 1.70. The van der Waals surface area contributed by atoms with Gasteiger partial charge in [-0.1, -0.05) is 48.2 Å². The van der Waals surface area contributed by atoms with Gasteiger partial charge in [0.05, 0.1) is 23.8 Å². The van der Waals surface area contributed by atoms with Crippen molar-refractivity contribution in [3.05, 3.63) is 64.8 Å². The average Bonchev–Trinajstić information content (AvgIpc) is 3.06. The smallest absolute Gasteiger partial charge is 0.270 e. The molecule has 0 saturated carbocycles. The van der Waals surface area contributed by atoms with Crippen molar-refractivity contribution in [2.75, 3.05) is 37.8 Å². The van der Waals surface area contributed by atoms with Gasteiger partial charge in [-0.25, -0.2) is 4.39 Å². The van der Waals surface area contributed by atoms with Crippen LogP contribution in [0.25, 0.3) is 6.08 Å². The van der Waals surface area contributed by atoms with E-state index in [1.165, 1.54) is 17.0 Å². The van der Waals surface area contributed by atoms with E-state index in [1.807, 2.05) is 0 Å². The van der Waals surface area contributed by atoms with Crippen LogP contribution in [0.3, 0.4) is 0 Å². The van der Waals surface area contributed by atoms with Crippen LogP contribution in [0.1, 0.15) is 5.56 Å². The Labute approximate surface area is 188 Å². The van der Waals surface area contributed by atoms with Crippen molar-refractivity contribution >= 4 is 51.9 Å². The number of hydrogen-bond acceptors (Lipinski definition) is 6. The number of para-hydroxylation sites is 1. The minimum absolute atomic E-state index is 0.0410. The highest BCUT2D eigenvalue weighted by atomic mass is 32.2. The molecule has 2 aliphatic rings. The number of hydrogen-bond donors (Lipinski definition) is 0. The topological polar surface area (TPSA) is 59.1 Å². The summed E-state index contributed by atoms with van der Waals surface area (Å²) < 4.78 is 25.2. The number of nitrogens with zero attached hydrogens (tertiary/aromatic N) is 2. The highest BCUT2D eigenvalue weighted by molar-refractivity contribution is 8.27. The van der Waals surface area contributed by atoms with E-state index < -0.39 is 5.82 Å². The van der Waals surface area contributed by atoms with Crippen LogP contribution in [0.2, 0.25) is 0 Å². The lowest BCUT2D eigenvalue weighted by Gasteiger charge is -2.26. The summed E-state index contributed by atoms with van der Waals surface area (Å²) in [5.74, 6) is -0.397. The van der Waals surface area contributed by atoms with Gasteiger partial charge in [-0.2, -0.15) is 0 Å². The van der Waals surface area contributed by atoms with E-state index in [9.17, 15) is 14.0 Å². The van der Waals surface area contributed by atoms with Crippen molar-refractivity contribution in [3.63, 3.8) is 0 Å². The van der Waals surface area contributed by atoms with E-state index in [1.54, 1.807) is 47.4 Å². The fraction of sp³-hybridized carbons (Fsp3) is 0.227. The molecule has 2 aromatic carbocycles. The van der Waals surface area contributed by atoms with Crippen molar-refractivity contribution in [1.29, 1.82) is 0 Å². The number of rotatable bonds is 5. The molecule has 0 spiro atoms. The number of thioether (sulfide) groups is 1. The molecule has 0 atom stereocenters. The highest BCUT2D eigenvalue weighted by Crippen LogP contribution is 2.37. The highest BCUT2D eigenvalue weighted by Gasteiger charge is 2.34. The van der Waals surface area contributed by atoms with Crippen LogP contribution in [-0.2, 0) is 14.3 Å². The van der Waals surface area contributed by atoms with Crippen LogP contribution in [0.15, 0.2) is 53.4 Å². The molecular formula is C22H19FN2O4S2. The molecule has 2 amide bonds. The minimum Gasteiger partial charge on any atom is -0.484 e. The van der Waals surface area contributed by atoms with Gasteiger partial charge < -0.3 is 14.4 Å². The van der Waals surface area contributed by atoms with E-state index in [0.717, 1.165) is 17.3 Å². The van der Waals surface area contributed by atoms with Crippen LogP contribution in [-0.4, -0.2) is 53.9 Å². The summed E-state index contributed by atoms with van der Waals surface area (Å²) in [6, 6.07) is 13.1. The zero-order chi connectivity index (χ0) is 21.8. The fourth-order valence-corrected chi connectivity index (χ4v) is 4.45. The predicted molar refractivity (Wildman–Crippen MR) is 121 cm³/mol. The Morgan fingerprint density at radius 1 is 1.16 bits per heavy atom. The van der Waals surface area contributed by atoms with Gasteiger partial charge in [-0.3, -0.25) is 14.5 Å². The van der Waals surface area contributed by atoms with Gasteiger partial charge >= 0.3 is 0 Å². The monoisotopic (exact) mass is 458 g/mol. The Morgan fingerprint density at radius 3 is 2.58 bits per heavy atom. The number of carbonyl (C=O) groups excluding carboxylic acids is 2. The second-order valence-corrected chi connectivity index (χ2v) is 8.50. The molecule has 2 fully saturated rings. The summed E-state index contributed by atoms with van der Waals surface area (Å²) in [5, 5.41) is 0. The summed E-state index contributed by atoms with van der Waals surface area (Å²) in [4.78, 5) is 28.3. The lowest BCUT2D eigenvalue weighted by Crippen LogP contribution is -2.42. The van der Waals surface area contributed by atoms with Gasteiger partial charge in [0, 0.05) is 13.1 Å². The third-order valence-corrected chi connectivity index (χ3v) is 6.09. The fourth-order valence-electron chi connectivity index (χ4n) is 3.17. The molecule has 6 nitrogen and oxygen atoms in total. The molecule has 160 valence electrons. The maximum Gasteiger partial charge on any atom is 0.270 e. The predicted octanol–water partition coefficient (Wildman–Crippen LogP) is 3.47. The maximum absolute atomic E-state index is 14.1. The van der Waals surface area contributed by atoms with Gasteiger partial charge in [-0.15, -0.1) is 0 Å². The van der Waals surface area contributed by atoms with Gasteiger partial charge in [-0.05, 0) is 35.9 Å². The van der Waals surface area contributed by atoms with Crippen LogP contribution >= 0.6 is 24.0 Å². The van der Waals surface area contributed by atoms with Crippen molar-refractivity contribution in [2.45, 2.75) is 0 Å². The number of morpholine rings is 1. The van der Waals surface area contributed by atoms with E-state index in [2.05, 4.69) is 0 Å². The Hall–Kier alpha value is -2.75. The number of thiocarbonyl (C=S) groups is 1. The molecule has 0 unspecified atom stereocenters. The summed E-state index contributed by atoms with van der Waals surface area (Å²) in [6.45, 7) is 2.20. The molecule has 0 bridgehead atoms. The van der Waals surface area contributed by atoms with Crippen LogP contribution in [0.4, 0.5) is 10.1 Å². The first-order valence-corrected chi connectivity index (χ1v) is 10.9. The van der Waals surface area contributed by atoms with Crippen molar-refractivity contribution in [1.82, 2.24) is 4.90 Å². The minimum atomic E-state index is -0.506. The first-order chi connectivity index (χ1) is 15.0. The molecule has 2 saturated heterocycles. The zero-order valence-corrected chi connectivity index (χ0v) is 18.1. The molecule has 0 aliphatic carbocycles. The quantitative estimate of drug-likeness (QED) is 0.505. The number of anilines is 1. The average molecular weight is 459 g/mol. The van der Waals surface area contributed by atoms with Crippen LogP contribution in [0.5, 0.6) is 5.75 Å². The standard InChI is InChI=1S/C22H19FN2O4S2/c23-17-3-1-2-4-18(17)25-21(27)19(31-22(25)30)13-15-5-7-16(8-6-15)29-14-20(26)24-9-11-28-12-10-24/h1-8,13H,9-12,14H2/b19-13-. The zero-order valence-electron chi connectivity index (χ0n) is 16.5. The van der Waals surface area contributed by atoms with Gasteiger partial charge in [0.25, 0.3) is 11.8 Å². The molecule has 0 aromatic heterocycles. The van der Waals surface area contributed by atoms with Crippen molar-refractivity contribution in [3.8, 4) is 5.75 Å². The van der Waals surface area contributed by atoms with E-state index in [-0.39, 0.29) is 28.4 Å². The first-order valence-electron chi connectivity index (χ1n) is 9.64. The number of amides is 2. The third kappa shape index (κ3) is 4.95. The SMILES string of the molecule is O=C(COc1ccc(/C=C2\SC(=S)N(c3ccccc3F)C2=O)cc1)N1CCOCC1. The van der Waals surface area contributed by atoms with Crippen LogP contribution < -0.4 is 9.64 Å². The molecule has 2 aromatic rings. The summed E-state index contributed by atoms with van der Waals surface area (Å²) >= 11 is 6.41. The largest absolute Gasteiger partial charge is 0.484 e. The first kappa shape index (κ1) is 21.5. The van der Waals surface area contributed by atoms with Gasteiger partial charge in [0.15, 0.2) is 10.9 Å². The number of carbonyl (C=O) groups is 2. The Morgan fingerprint density at radius 2 is 1.87 bits per heavy atom. The van der Waals surface area contributed by atoms with Gasteiger partial charge in [0.1, 0.15) is 11.6 Å². The molecule has 4 rings (SSSR count). The van der Waals surface area contributed by atoms with E-state index >= 15 is 0 Å². The lowest BCUT2D eigenvalue weighted by atomic mass is 10.2. The van der Waals surface area contributed by atoms with Crippen LogP contribution in [0, 0.1) is 5.82 Å². The molecule has 2 heterocycles. The van der Waals surface area contributed by atoms with Gasteiger partial charge in [0.2, 0.25) is 0 Å². The molecule has 0 radical (unpaired) electrons. The molecule has 31 heavy (non-hydrogen) atoms. The molecule has 9 heteroatoms. The second-order valence-electron chi connectivity index (χ2n) is 6.82. The van der Waals surface area contributed by atoms with E-state index in [4.69, 9.17) is 21.7 Å². The Bertz CT molecular complexity index is 1040. The third-order valence-electron chi connectivity index (χ3n) is 4.79. The molecular weight excluding hydrogens is 439 g/mol. The number of halogens is 1. The maximum atomic E-state index is 14.1. The van der Waals surface area contributed by atoms with Crippen molar-refractivity contribution < 1.29 is 23.5 Å². The molecule has 2 aliphatic heterocycles. The van der Waals surface area contributed by atoms with E-state index in [0.29, 0.717) is 37.0 Å². The normalized spacial score (nSPS) is 18.0. The second kappa shape index (κ2) is 9.59. The number of ether oxygens (including phenoxy) is 2. The van der Waals surface area contributed by atoms with Crippen molar-refractivity contribution in [2.24, 2.45) is 0 Å². The summed E-state index contributed by atoms with van der Waals surface area (Å²) in [7, 11) is 0.